The van der Waals surface area contributed by atoms with Gasteiger partial charge in [-0.15, -0.1) is 5.10 Å². The molecule has 1 atom stereocenters. The average molecular weight is 382 g/mol. The summed E-state index contributed by atoms with van der Waals surface area (Å²) in [7, 11) is 1.65. The highest BCUT2D eigenvalue weighted by atomic mass is 16.5. The maximum Gasteiger partial charge on any atom is 0.273 e. The Balaban J connectivity index is 1.36. The van der Waals surface area contributed by atoms with Gasteiger partial charge in [-0.25, -0.2) is 4.68 Å². The highest BCUT2D eigenvalue weighted by Crippen LogP contribution is 2.28. The molecule has 2 heterocycles. The zero-order valence-electron chi connectivity index (χ0n) is 16.2. The number of nitrogens with zero attached hydrogens (tertiary/aromatic N) is 3. The summed E-state index contributed by atoms with van der Waals surface area (Å²) < 4.78 is 13.0. The Hall–Kier alpha value is -2.67. The average Bonchev–Trinajstić information content (AvgIpc) is 3.18. The number of carbonyl (C=O) groups excluding carboxylic acids is 1. The number of carbonyl (C=O) groups is 1. The van der Waals surface area contributed by atoms with E-state index >= 15 is 0 Å². The van der Waals surface area contributed by atoms with Crippen LogP contribution in [0, 0.1) is 0 Å². The zero-order valence-corrected chi connectivity index (χ0v) is 16.2. The second kappa shape index (κ2) is 8.56. The van der Waals surface area contributed by atoms with E-state index in [1.54, 1.807) is 11.8 Å². The van der Waals surface area contributed by atoms with E-state index in [9.17, 15) is 4.79 Å². The number of rotatable bonds is 6. The Morgan fingerprint density at radius 2 is 2.18 bits per heavy atom. The van der Waals surface area contributed by atoms with E-state index < -0.39 is 0 Å². The van der Waals surface area contributed by atoms with Crippen molar-refractivity contribution in [1.82, 2.24) is 20.3 Å². The fraction of sp³-hybridized carbons (Fsp3) is 0.476. The summed E-state index contributed by atoms with van der Waals surface area (Å²) in [4.78, 5) is 12.5. The molecule has 7 nitrogen and oxygen atoms in total. The lowest BCUT2D eigenvalue weighted by Gasteiger charge is -2.24. The summed E-state index contributed by atoms with van der Waals surface area (Å²) in [6.07, 6.45) is 7.94. The summed E-state index contributed by atoms with van der Waals surface area (Å²) in [5.74, 6) is 0.633. The molecule has 7 heteroatoms. The third-order valence-corrected chi connectivity index (χ3v) is 5.42. The Morgan fingerprint density at radius 1 is 1.32 bits per heavy atom. The largest absolute Gasteiger partial charge is 0.497 e. The van der Waals surface area contributed by atoms with Gasteiger partial charge >= 0.3 is 0 Å². The number of nitrogens with one attached hydrogen (secondary N) is 1. The summed E-state index contributed by atoms with van der Waals surface area (Å²) in [6.45, 7) is 1.48. The highest BCUT2D eigenvalue weighted by molar-refractivity contribution is 5.93. The van der Waals surface area contributed by atoms with Crippen LogP contribution in [0.1, 0.15) is 60.0 Å². The van der Waals surface area contributed by atoms with Gasteiger partial charge in [0, 0.05) is 6.54 Å². The second-order valence-corrected chi connectivity index (χ2v) is 7.25. The molecule has 4 rings (SSSR count). The molecule has 0 spiro atoms. The van der Waals surface area contributed by atoms with Gasteiger partial charge < -0.3 is 14.8 Å². The Morgan fingerprint density at radius 3 is 2.93 bits per heavy atom. The second-order valence-electron chi connectivity index (χ2n) is 7.25. The van der Waals surface area contributed by atoms with Crippen molar-refractivity contribution in [1.29, 1.82) is 0 Å². The Labute approximate surface area is 164 Å². The van der Waals surface area contributed by atoms with Gasteiger partial charge in [-0.1, -0.05) is 29.0 Å². The molecule has 0 radical (unpaired) electrons. The third-order valence-electron chi connectivity index (χ3n) is 5.42. The molecule has 0 fully saturated rings. The molecule has 0 saturated carbocycles. The summed E-state index contributed by atoms with van der Waals surface area (Å²) in [5.41, 5.74) is 3.60. The van der Waals surface area contributed by atoms with E-state index in [1.165, 1.54) is 18.4 Å². The molecule has 1 aliphatic heterocycles. The predicted octanol–water partition coefficient (Wildman–Crippen LogP) is 3.18. The lowest BCUT2D eigenvalue weighted by atomic mass is 9.97. The number of methoxy groups -OCH3 is 1. The van der Waals surface area contributed by atoms with Crippen molar-refractivity contribution in [2.75, 3.05) is 13.7 Å². The van der Waals surface area contributed by atoms with Gasteiger partial charge in [-0.05, 0) is 49.8 Å². The number of hydrogen-bond acceptors (Lipinski definition) is 5. The maximum atomic E-state index is 12.5. The van der Waals surface area contributed by atoms with Crippen molar-refractivity contribution in [2.24, 2.45) is 0 Å². The van der Waals surface area contributed by atoms with Crippen molar-refractivity contribution in [2.45, 2.75) is 51.4 Å². The molecule has 28 heavy (non-hydrogen) atoms. The minimum Gasteiger partial charge on any atom is -0.497 e. The minimum atomic E-state index is -0.177. The molecule has 1 N–H and O–H groups in total. The normalized spacial score (nSPS) is 18.9. The molecule has 2 aromatic rings. The summed E-state index contributed by atoms with van der Waals surface area (Å²) in [5, 5.41) is 11.3. The van der Waals surface area contributed by atoms with Gasteiger partial charge in [0.1, 0.15) is 11.9 Å². The summed E-state index contributed by atoms with van der Waals surface area (Å²) >= 11 is 0. The van der Waals surface area contributed by atoms with Crippen LogP contribution in [0.5, 0.6) is 5.75 Å². The predicted molar refractivity (Wildman–Crippen MR) is 104 cm³/mol. The Kier molecular flexibility index (Phi) is 5.71. The number of amides is 1. The molecule has 0 unspecified atom stereocenters. The van der Waals surface area contributed by atoms with Crippen LogP contribution in [-0.4, -0.2) is 34.6 Å². The first-order valence-electron chi connectivity index (χ1n) is 9.88. The van der Waals surface area contributed by atoms with Crippen LogP contribution in [0.4, 0.5) is 0 Å². The SMILES string of the molecule is COc1ccc([C@H]2Cn3nnc(C(=O)NCCC4=CCCCC4)c3CO2)cc1. The lowest BCUT2D eigenvalue weighted by molar-refractivity contribution is -0.00179. The topological polar surface area (TPSA) is 78.3 Å². The van der Waals surface area contributed by atoms with Gasteiger partial charge in [0.15, 0.2) is 5.69 Å². The van der Waals surface area contributed by atoms with E-state index in [-0.39, 0.29) is 12.0 Å². The molecular formula is C21H26N4O3. The fourth-order valence-corrected chi connectivity index (χ4v) is 3.76. The van der Waals surface area contributed by atoms with E-state index in [2.05, 4.69) is 21.7 Å². The fourth-order valence-electron chi connectivity index (χ4n) is 3.76. The van der Waals surface area contributed by atoms with Gasteiger partial charge in [0.25, 0.3) is 5.91 Å². The zero-order chi connectivity index (χ0) is 19.3. The molecule has 2 aliphatic rings. The van der Waals surface area contributed by atoms with Crippen molar-refractivity contribution >= 4 is 5.91 Å². The summed E-state index contributed by atoms with van der Waals surface area (Å²) in [6, 6.07) is 7.80. The van der Waals surface area contributed by atoms with Gasteiger partial charge in [-0.2, -0.15) is 0 Å². The first-order chi connectivity index (χ1) is 13.7. The van der Waals surface area contributed by atoms with E-state index in [4.69, 9.17) is 9.47 Å². The van der Waals surface area contributed by atoms with Crippen LogP contribution in [-0.2, 0) is 17.9 Å². The van der Waals surface area contributed by atoms with Crippen LogP contribution >= 0.6 is 0 Å². The quantitative estimate of drug-likeness (QED) is 0.777. The molecule has 0 bridgehead atoms. The van der Waals surface area contributed by atoms with Crippen molar-refractivity contribution in [3.8, 4) is 5.75 Å². The number of hydrogen-bond donors (Lipinski definition) is 1. The molecule has 1 aliphatic carbocycles. The number of fused-ring (bicyclic) bond motifs is 1. The smallest absolute Gasteiger partial charge is 0.273 e. The van der Waals surface area contributed by atoms with Crippen LogP contribution in [0.2, 0.25) is 0 Å². The molecular weight excluding hydrogens is 356 g/mol. The van der Waals surface area contributed by atoms with Crippen LogP contribution < -0.4 is 10.1 Å². The number of ether oxygens (including phenoxy) is 2. The number of benzene rings is 1. The molecule has 148 valence electrons. The molecule has 1 amide bonds. The third kappa shape index (κ3) is 4.09. The number of aromatic nitrogens is 3. The highest BCUT2D eigenvalue weighted by Gasteiger charge is 2.27. The first kappa shape index (κ1) is 18.7. The monoisotopic (exact) mass is 382 g/mol. The van der Waals surface area contributed by atoms with Gasteiger partial charge in [0.2, 0.25) is 0 Å². The van der Waals surface area contributed by atoms with Crippen LogP contribution in [0.25, 0.3) is 0 Å². The van der Waals surface area contributed by atoms with Gasteiger partial charge in [0.05, 0.1) is 26.0 Å². The number of allylic oxidation sites excluding steroid dienone is 1. The molecule has 1 aromatic carbocycles. The van der Waals surface area contributed by atoms with E-state index in [1.807, 2.05) is 24.3 Å². The standard InChI is InChI=1S/C21H26N4O3/c1-27-17-9-7-16(8-10-17)19-13-25-18(14-28-19)20(23-24-25)21(26)22-12-11-15-5-3-2-4-6-15/h5,7-10,19H,2-4,6,11-14H2,1H3,(H,22,26)/t19-/m1/s1. The van der Waals surface area contributed by atoms with Crippen molar-refractivity contribution in [3.63, 3.8) is 0 Å². The van der Waals surface area contributed by atoms with Crippen LogP contribution in [0.3, 0.4) is 0 Å². The van der Waals surface area contributed by atoms with Crippen molar-refractivity contribution in [3.05, 3.63) is 52.9 Å². The lowest BCUT2D eigenvalue weighted by Crippen LogP contribution is -2.28. The minimum absolute atomic E-state index is 0.116. The van der Waals surface area contributed by atoms with Crippen molar-refractivity contribution < 1.29 is 14.3 Å². The van der Waals surface area contributed by atoms with Crippen LogP contribution in [0.15, 0.2) is 35.9 Å². The van der Waals surface area contributed by atoms with E-state index in [0.29, 0.717) is 25.4 Å². The van der Waals surface area contributed by atoms with E-state index in [0.717, 1.165) is 36.3 Å². The maximum absolute atomic E-state index is 12.5. The first-order valence-corrected chi connectivity index (χ1v) is 9.88. The van der Waals surface area contributed by atoms with Gasteiger partial charge in [-0.3, -0.25) is 4.79 Å². The molecule has 0 saturated heterocycles. The Bertz CT molecular complexity index is 857. The molecule has 1 aromatic heterocycles.